The Labute approximate surface area is 156 Å². The first-order chi connectivity index (χ1) is 12.6. The third-order valence-corrected chi connectivity index (χ3v) is 6.54. The lowest BCUT2D eigenvalue weighted by Gasteiger charge is -2.40. The van der Waals surface area contributed by atoms with E-state index in [1.165, 1.54) is 32.1 Å². The van der Waals surface area contributed by atoms with Crippen LogP contribution in [-0.2, 0) is 7.05 Å². The number of ketones is 1. The minimum Gasteiger partial charge on any atom is -0.347 e. The molecular formula is C22H31N3O. The molecule has 1 saturated carbocycles. The van der Waals surface area contributed by atoms with Crippen LogP contribution in [0.2, 0.25) is 0 Å². The first kappa shape index (κ1) is 17.7. The molecule has 2 aromatic rings. The summed E-state index contributed by atoms with van der Waals surface area (Å²) in [5.74, 6) is 0.269. The van der Waals surface area contributed by atoms with Crippen LogP contribution in [0.5, 0.6) is 0 Å². The van der Waals surface area contributed by atoms with Crippen LogP contribution >= 0.6 is 0 Å². The maximum Gasteiger partial charge on any atom is 0.179 e. The molecule has 1 aliphatic heterocycles. The van der Waals surface area contributed by atoms with Gasteiger partial charge in [0, 0.05) is 61.4 Å². The highest BCUT2D eigenvalue weighted by Gasteiger charge is 2.27. The van der Waals surface area contributed by atoms with Crippen molar-refractivity contribution in [2.24, 2.45) is 7.05 Å². The van der Waals surface area contributed by atoms with Crippen molar-refractivity contribution in [1.82, 2.24) is 14.4 Å². The summed E-state index contributed by atoms with van der Waals surface area (Å²) in [7, 11) is 2.05. The number of hydrogen-bond acceptors (Lipinski definition) is 3. The number of aromatic nitrogens is 1. The molecule has 1 aliphatic carbocycles. The molecule has 0 unspecified atom stereocenters. The van der Waals surface area contributed by atoms with Crippen LogP contribution in [0.1, 0.15) is 48.2 Å². The summed E-state index contributed by atoms with van der Waals surface area (Å²) < 4.78 is 2.14. The van der Waals surface area contributed by atoms with Crippen molar-refractivity contribution in [3.05, 3.63) is 35.5 Å². The van der Waals surface area contributed by atoms with Gasteiger partial charge in [-0.25, -0.2) is 0 Å². The van der Waals surface area contributed by atoms with Gasteiger partial charge in [0.15, 0.2) is 5.78 Å². The molecule has 0 amide bonds. The number of benzene rings is 1. The minimum absolute atomic E-state index is 0.269. The van der Waals surface area contributed by atoms with Gasteiger partial charge in [-0.05, 0) is 25.8 Å². The summed E-state index contributed by atoms with van der Waals surface area (Å²) >= 11 is 0. The molecule has 0 N–H and O–H groups in total. The maximum absolute atomic E-state index is 13.1. The van der Waals surface area contributed by atoms with E-state index in [9.17, 15) is 4.79 Å². The van der Waals surface area contributed by atoms with Crippen LogP contribution in [-0.4, -0.2) is 58.9 Å². The normalized spacial score (nSPS) is 20.7. The molecule has 0 atom stereocenters. The van der Waals surface area contributed by atoms with Gasteiger partial charge in [0.2, 0.25) is 0 Å². The fourth-order valence-corrected chi connectivity index (χ4v) is 4.89. The van der Waals surface area contributed by atoms with Crippen molar-refractivity contribution in [2.75, 3.05) is 32.7 Å². The van der Waals surface area contributed by atoms with Gasteiger partial charge in [-0.15, -0.1) is 0 Å². The van der Waals surface area contributed by atoms with E-state index in [1.54, 1.807) is 0 Å². The molecule has 140 valence electrons. The van der Waals surface area contributed by atoms with E-state index >= 15 is 0 Å². The number of nitrogens with zero attached hydrogens (tertiary/aromatic N) is 3. The Morgan fingerprint density at radius 3 is 2.46 bits per heavy atom. The number of para-hydroxylation sites is 1. The Morgan fingerprint density at radius 2 is 1.73 bits per heavy atom. The number of hydrogen-bond donors (Lipinski definition) is 0. The third-order valence-electron chi connectivity index (χ3n) is 6.54. The van der Waals surface area contributed by atoms with E-state index in [2.05, 4.69) is 40.5 Å². The average molecular weight is 354 g/mol. The largest absolute Gasteiger partial charge is 0.347 e. The van der Waals surface area contributed by atoms with Gasteiger partial charge in [-0.2, -0.15) is 0 Å². The second-order valence-electron chi connectivity index (χ2n) is 8.06. The van der Waals surface area contributed by atoms with E-state index < -0.39 is 0 Å². The van der Waals surface area contributed by atoms with Crippen LogP contribution in [0.4, 0.5) is 0 Å². The van der Waals surface area contributed by atoms with E-state index in [0.717, 1.165) is 54.4 Å². The molecule has 1 aromatic heterocycles. The molecule has 2 aliphatic rings. The quantitative estimate of drug-likeness (QED) is 0.786. The first-order valence-corrected chi connectivity index (χ1v) is 10.2. The van der Waals surface area contributed by atoms with Crippen molar-refractivity contribution in [2.45, 2.75) is 45.1 Å². The summed E-state index contributed by atoms with van der Waals surface area (Å²) in [4.78, 5) is 18.1. The van der Waals surface area contributed by atoms with E-state index in [4.69, 9.17) is 0 Å². The van der Waals surface area contributed by atoms with Crippen LogP contribution < -0.4 is 0 Å². The van der Waals surface area contributed by atoms with Crippen LogP contribution in [0.15, 0.2) is 24.3 Å². The molecule has 0 radical (unpaired) electrons. The molecule has 1 aromatic carbocycles. The zero-order valence-electron chi connectivity index (χ0n) is 16.2. The second kappa shape index (κ2) is 7.53. The van der Waals surface area contributed by atoms with Gasteiger partial charge in [0.05, 0.1) is 6.54 Å². The Bertz CT molecular complexity index is 780. The van der Waals surface area contributed by atoms with Crippen LogP contribution in [0.3, 0.4) is 0 Å². The van der Waals surface area contributed by atoms with Crippen LogP contribution in [0, 0.1) is 6.92 Å². The molecule has 0 bridgehead atoms. The number of Topliss-reactive ketones (excluding diaryl/α,β-unsaturated/α-hetero) is 1. The highest BCUT2D eigenvalue weighted by Crippen LogP contribution is 2.26. The Hall–Kier alpha value is -1.65. The fourth-order valence-electron chi connectivity index (χ4n) is 4.89. The molecule has 2 heterocycles. The van der Waals surface area contributed by atoms with Crippen molar-refractivity contribution in [3.8, 4) is 0 Å². The number of rotatable bonds is 4. The standard InChI is InChI=1S/C22H31N3O/c1-17-22(19-10-6-7-11-20(19)23(17)2)21(26)16-24-12-14-25(15-13-24)18-8-4-3-5-9-18/h6-7,10-11,18H,3-5,8-9,12-16H2,1-2H3. The number of aryl methyl sites for hydroxylation is 1. The van der Waals surface area contributed by atoms with E-state index in [-0.39, 0.29) is 5.78 Å². The summed E-state index contributed by atoms with van der Waals surface area (Å²) in [5, 5.41) is 1.10. The lowest BCUT2D eigenvalue weighted by molar-refractivity contribution is 0.0691. The van der Waals surface area contributed by atoms with E-state index in [1.807, 2.05) is 12.1 Å². The van der Waals surface area contributed by atoms with Gasteiger partial charge in [-0.3, -0.25) is 14.6 Å². The molecule has 26 heavy (non-hydrogen) atoms. The van der Waals surface area contributed by atoms with Crippen LogP contribution in [0.25, 0.3) is 10.9 Å². The third kappa shape index (κ3) is 3.33. The monoisotopic (exact) mass is 353 g/mol. The smallest absolute Gasteiger partial charge is 0.179 e. The minimum atomic E-state index is 0.269. The highest BCUT2D eigenvalue weighted by molar-refractivity contribution is 6.10. The molecule has 1 saturated heterocycles. The van der Waals surface area contributed by atoms with Gasteiger partial charge in [-0.1, -0.05) is 37.5 Å². The van der Waals surface area contributed by atoms with Gasteiger partial charge in [0.1, 0.15) is 0 Å². The number of carbonyl (C=O) groups is 1. The molecule has 4 heteroatoms. The van der Waals surface area contributed by atoms with Crippen molar-refractivity contribution >= 4 is 16.7 Å². The molecular weight excluding hydrogens is 322 g/mol. The molecule has 2 fully saturated rings. The topological polar surface area (TPSA) is 28.5 Å². The summed E-state index contributed by atoms with van der Waals surface area (Å²) in [5.41, 5.74) is 3.14. The zero-order valence-corrected chi connectivity index (χ0v) is 16.2. The molecule has 4 nitrogen and oxygen atoms in total. The lowest BCUT2D eigenvalue weighted by Crippen LogP contribution is -2.51. The fraction of sp³-hybridized carbons (Fsp3) is 0.591. The zero-order chi connectivity index (χ0) is 18.1. The Kier molecular flexibility index (Phi) is 5.14. The van der Waals surface area contributed by atoms with E-state index in [0.29, 0.717) is 6.54 Å². The first-order valence-electron chi connectivity index (χ1n) is 10.2. The SMILES string of the molecule is Cc1c(C(=O)CN2CCN(C3CCCCC3)CC2)c2ccccc2n1C. The maximum atomic E-state index is 13.1. The Balaban J connectivity index is 1.41. The van der Waals surface area contributed by atoms with Crippen molar-refractivity contribution < 1.29 is 4.79 Å². The van der Waals surface area contributed by atoms with Crippen molar-refractivity contribution in [1.29, 1.82) is 0 Å². The van der Waals surface area contributed by atoms with Crippen molar-refractivity contribution in [3.63, 3.8) is 0 Å². The lowest BCUT2D eigenvalue weighted by atomic mass is 9.94. The summed E-state index contributed by atoms with van der Waals surface area (Å²) in [6.07, 6.45) is 6.94. The predicted molar refractivity (Wildman–Crippen MR) is 107 cm³/mol. The summed E-state index contributed by atoms with van der Waals surface area (Å²) in [6.45, 7) is 6.89. The second-order valence-corrected chi connectivity index (χ2v) is 8.06. The summed E-state index contributed by atoms with van der Waals surface area (Å²) in [6, 6.07) is 9.04. The average Bonchev–Trinajstić information content (AvgIpc) is 2.94. The van der Waals surface area contributed by atoms with Gasteiger partial charge in [0.25, 0.3) is 0 Å². The number of fused-ring (bicyclic) bond motifs is 1. The molecule has 4 rings (SSSR count). The van der Waals surface area contributed by atoms with Gasteiger partial charge < -0.3 is 4.57 Å². The predicted octanol–water partition coefficient (Wildman–Crippen LogP) is 3.62. The highest BCUT2D eigenvalue weighted by atomic mass is 16.1. The molecule has 0 spiro atoms. The Morgan fingerprint density at radius 1 is 1.04 bits per heavy atom. The number of piperazine rings is 1. The van der Waals surface area contributed by atoms with Gasteiger partial charge >= 0.3 is 0 Å². The number of carbonyl (C=O) groups excluding carboxylic acids is 1.